The molecule has 2 nitrogen and oxygen atoms in total. The summed E-state index contributed by atoms with van der Waals surface area (Å²) >= 11 is 0. The van der Waals surface area contributed by atoms with Crippen molar-refractivity contribution in [2.24, 2.45) is 0 Å². The summed E-state index contributed by atoms with van der Waals surface area (Å²) in [6.45, 7) is 3.22. The minimum atomic E-state index is -0.536. The van der Waals surface area contributed by atoms with Gasteiger partial charge in [0.2, 0.25) is 0 Å². The fourth-order valence-electron chi connectivity index (χ4n) is 1.95. The molecule has 0 radical (unpaired) electrons. The van der Waals surface area contributed by atoms with Gasteiger partial charge in [-0.2, -0.15) is 0 Å². The number of hydrogen-bond donors (Lipinski definition) is 1. The highest BCUT2D eigenvalue weighted by Crippen LogP contribution is 2.20. The molecule has 0 heterocycles. The van der Waals surface area contributed by atoms with E-state index < -0.39 is 6.10 Å². The van der Waals surface area contributed by atoms with Gasteiger partial charge in [0.15, 0.2) is 0 Å². The van der Waals surface area contributed by atoms with Crippen molar-refractivity contribution in [1.29, 1.82) is 0 Å². The fraction of sp³-hybridized carbons (Fsp3) is 0.375. The molecule has 0 saturated heterocycles. The third-order valence-electron chi connectivity index (χ3n) is 3.08. The van der Waals surface area contributed by atoms with Crippen molar-refractivity contribution in [2.45, 2.75) is 25.9 Å². The van der Waals surface area contributed by atoms with Crippen LogP contribution in [-0.4, -0.2) is 18.3 Å². The molecule has 2 rings (SSSR count). The summed E-state index contributed by atoms with van der Waals surface area (Å²) in [4.78, 5) is 0. The van der Waals surface area contributed by atoms with Crippen LogP contribution in [0.3, 0.4) is 0 Å². The van der Waals surface area contributed by atoms with Gasteiger partial charge in [-0.3, -0.25) is 0 Å². The van der Waals surface area contributed by atoms with Crippen molar-refractivity contribution >= 4 is 10.8 Å². The summed E-state index contributed by atoms with van der Waals surface area (Å²) in [5.41, 5.74) is 0.921. The third kappa shape index (κ3) is 3.31. The Morgan fingerprint density at radius 3 is 2.67 bits per heavy atom. The Morgan fingerprint density at radius 1 is 1.11 bits per heavy atom. The van der Waals surface area contributed by atoms with Crippen molar-refractivity contribution in [3.05, 3.63) is 48.0 Å². The first-order chi connectivity index (χ1) is 8.81. The van der Waals surface area contributed by atoms with Crippen LogP contribution in [0.5, 0.6) is 0 Å². The van der Waals surface area contributed by atoms with E-state index in [1.807, 2.05) is 30.3 Å². The van der Waals surface area contributed by atoms with Gasteiger partial charge in [0.1, 0.15) is 6.10 Å². The normalized spacial score (nSPS) is 12.8. The topological polar surface area (TPSA) is 29.5 Å². The zero-order chi connectivity index (χ0) is 12.8. The van der Waals surface area contributed by atoms with Crippen LogP contribution >= 0.6 is 0 Å². The lowest BCUT2D eigenvalue weighted by molar-refractivity contribution is 0.0350. The Balaban J connectivity index is 2.01. The summed E-state index contributed by atoms with van der Waals surface area (Å²) < 4.78 is 5.45. The summed E-state index contributed by atoms with van der Waals surface area (Å²) in [6, 6.07) is 14.2. The number of rotatable bonds is 6. The van der Waals surface area contributed by atoms with Crippen LogP contribution in [0.2, 0.25) is 0 Å². The Hall–Kier alpha value is -1.38. The van der Waals surface area contributed by atoms with Gasteiger partial charge in [-0.15, -0.1) is 0 Å². The molecular formula is C16H20O2. The lowest BCUT2D eigenvalue weighted by Crippen LogP contribution is -2.07. The molecule has 96 valence electrons. The molecule has 18 heavy (non-hydrogen) atoms. The van der Waals surface area contributed by atoms with Gasteiger partial charge in [0.25, 0.3) is 0 Å². The maximum atomic E-state index is 10.1. The molecule has 0 bridgehead atoms. The molecule has 0 aliphatic rings. The molecule has 0 aromatic heterocycles. The van der Waals surface area contributed by atoms with Crippen LogP contribution in [0.1, 0.15) is 31.4 Å². The average Bonchev–Trinajstić information content (AvgIpc) is 2.43. The molecule has 0 amide bonds. The van der Waals surface area contributed by atoms with Crippen LogP contribution in [0.25, 0.3) is 10.8 Å². The Morgan fingerprint density at radius 2 is 1.89 bits per heavy atom. The number of ether oxygens (including phenoxy) is 1. The van der Waals surface area contributed by atoms with Crippen LogP contribution in [-0.2, 0) is 4.74 Å². The molecule has 0 aliphatic heterocycles. The molecule has 0 saturated carbocycles. The van der Waals surface area contributed by atoms with Crippen LogP contribution in [0.15, 0.2) is 42.5 Å². The van der Waals surface area contributed by atoms with Gasteiger partial charge >= 0.3 is 0 Å². The standard InChI is InChI=1S/C16H20O2/c1-2-3-10-18-12-16(17)15-9-8-13-6-4-5-7-14(13)11-15/h4-9,11,16-17H,2-3,10,12H2,1H3. The number of hydrogen-bond acceptors (Lipinski definition) is 2. The van der Waals surface area contributed by atoms with E-state index in [0.717, 1.165) is 30.4 Å². The maximum absolute atomic E-state index is 10.1. The van der Waals surface area contributed by atoms with Crippen molar-refractivity contribution < 1.29 is 9.84 Å². The molecule has 0 fully saturated rings. The molecular weight excluding hydrogens is 224 g/mol. The Bertz CT molecular complexity index is 493. The molecule has 1 atom stereocenters. The predicted octanol–water partition coefficient (Wildman–Crippen LogP) is 3.69. The first kappa shape index (κ1) is 13.1. The van der Waals surface area contributed by atoms with Gasteiger partial charge in [0, 0.05) is 6.61 Å². The van der Waals surface area contributed by atoms with Crippen molar-refractivity contribution in [3.8, 4) is 0 Å². The van der Waals surface area contributed by atoms with E-state index in [1.165, 1.54) is 5.39 Å². The fourth-order valence-corrected chi connectivity index (χ4v) is 1.95. The minimum Gasteiger partial charge on any atom is -0.386 e. The molecule has 2 heteroatoms. The van der Waals surface area contributed by atoms with E-state index >= 15 is 0 Å². The molecule has 2 aromatic carbocycles. The number of benzene rings is 2. The molecule has 0 aliphatic carbocycles. The second-order valence-electron chi connectivity index (χ2n) is 4.55. The number of unbranched alkanes of at least 4 members (excludes halogenated alkanes) is 1. The van der Waals surface area contributed by atoms with Gasteiger partial charge < -0.3 is 9.84 Å². The van der Waals surface area contributed by atoms with Crippen LogP contribution in [0.4, 0.5) is 0 Å². The molecule has 0 spiro atoms. The summed E-state index contributed by atoms with van der Waals surface area (Å²) in [6.07, 6.45) is 1.63. The van der Waals surface area contributed by atoms with E-state index in [2.05, 4.69) is 19.1 Å². The highest BCUT2D eigenvalue weighted by molar-refractivity contribution is 5.83. The van der Waals surface area contributed by atoms with E-state index in [1.54, 1.807) is 0 Å². The zero-order valence-electron chi connectivity index (χ0n) is 10.8. The van der Waals surface area contributed by atoms with Gasteiger partial charge in [-0.25, -0.2) is 0 Å². The maximum Gasteiger partial charge on any atom is 0.102 e. The first-order valence-electron chi connectivity index (χ1n) is 6.55. The van der Waals surface area contributed by atoms with Crippen molar-refractivity contribution in [3.63, 3.8) is 0 Å². The van der Waals surface area contributed by atoms with Crippen molar-refractivity contribution in [1.82, 2.24) is 0 Å². The third-order valence-corrected chi connectivity index (χ3v) is 3.08. The van der Waals surface area contributed by atoms with Gasteiger partial charge in [0.05, 0.1) is 6.61 Å². The monoisotopic (exact) mass is 244 g/mol. The molecule has 1 unspecified atom stereocenters. The second kappa shape index (κ2) is 6.53. The van der Waals surface area contributed by atoms with E-state index in [4.69, 9.17) is 4.74 Å². The predicted molar refractivity (Wildman–Crippen MR) is 74.6 cm³/mol. The largest absolute Gasteiger partial charge is 0.386 e. The number of aliphatic hydroxyl groups excluding tert-OH is 1. The lowest BCUT2D eigenvalue weighted by Gasteiger charge is -2.12. The number of fused-ring (bicyclic) bond motifs is 1. The van der Waals surface area contributed by atoms with Gasteiger partial charge in [-0.05, 0) is 28.8 Å². The van der Waals surface area contributed by atoms with Gasteiger partial charge in [-0.1, -0.05) is 49.7 Å². The van der Waals surface area contributed by atoms with Crippen molar-refractivity contribution in [2.75, 3.05) is 13.2 Å². The SMILES string of the molecule is CCCCOCC(O)c1ccc2ccccc2c1. The van der Waals surface area contributed by atoms with E-state index in [0.29, 0.717) is 6.61 Å². The van der Waals surface area contributed by atoms with E-state index in [9.17, 15) is 5.11 Å². The van der Waals surface area contributed by atoms with Crippen LogP contribution in [0, 0.1) is 0 Å². The smallest absolute Gasteiger partial charge is 0.102 e. The van der Waals surface area contributed by atoms with E-state index in [-0.39, 0.29) is 0 Å². The number of aliphatic hydroxyl groups is 1. The highest BCUT2D eigenvalue weighted by Gasteiger charge is 2.07. The second-order valence-corrected chi connectivity index (χ2v) is 4.55. The average molecular weight is 244 g/mol. The zero-order valence-corrected chi connectivity index (χ0v) is 10.8. The quantitative estimate of drug-likeness (QED) is 0.785. The summed E-state index contributed by atoms with van der Waals surface area (Å²) in [5.74, 6) is 0. The molecule has 2 aromatic rings. The highest BCUT2D eigenvalue weighted by atomic mass is 16.5. The lowest BCUT2D eigenvalue weighted by atomic mass is 10.0. The minimum absolute atomic E-state index is 0.373. The summed E-state index contributed by atoms with van der Waals surface area (Å²) in [5, 5.41) is 12.4. The Kier molecular flexibility index (Phi) is 4.73. The first-order valence-corrected chi connectivity index (χ1v) is 6.55. The van der Waals surface area contributed by atoms with Crippen LogP contribution < -0.4 is 0 Å². The molecule has 1 N–H and O–H groups in total. The summed E-state index contributed by atoms with van der Waals surface area (Å²) in [7, 11) is 0. The Labute approximate surface area is 108 Å².